The molecule has 0 saturated carbocycles. The monoisotopic (exact) mass is 503 g/mol. The summed E-state index contributed by atoms with van der Waals surface area (Å²) < 4.78 is 38.2. The Labute approximate surface area is 201 Å². The van der Waals surface area contributed by atoms with Gasteiger partial charge in [-0.3, -0.25) is 10.1 Å². The van der Waals surface area contributed by atoms with E-state index < -0.39 is 21.9 Å². The van der Waals surface area contributed by atoms with E-state index in [4.69, 9.17) is 9.47 Å². The highest BCUT2D eigenvalue weighted by Crippen LogP contribution is 2.28. The molecule has 1 aromatic heterocycles. The van der Waals surface area contributed by atoms with Crippen LogP contribution in [0.5, 0.6) is 0 Å². The third-order valence-electron chi connectivity index (χ3n) is 5.43. The smallest absolute Gasteiger partial charge is 0.338 e. The second-order valence-electron chi connectivity index (χ2n) is 7.82. The van der Waals surface area contributed by atoms with Gasteiger partial charge in [0.05, 0.1) is 33.4 Å². The molecule has 0 bridgehead atoms. The molecule has 2 heterocycles. The van der Waals surface area contributed by atoms with Gasteiger partial charge in [-0.2, -0.15) is 4.31 Å². The number of sulfonamides is 1. The summed E-state index contributed by atoms with van der Waals surface area (Å²) in [6.45, 7) is 2.97. The number of likely N-dealkylation sites (N-methyl/N-ethyl adjacent to an activating group) is 1. The van der Waals surface area contributed by atoms with Crippen LogP contribution in [0.25, 0.3) is 10.2 Å². The molecule has 34 heavy (non-hydrogen) atoms. The Kier molecular flexibility index (Phi) is 7.27. The molecule has 1 aliphatic rings. The Morgan fingerprint density at radius 3 is 2.62 bits per heavy atom. The number of rotatable bonds is 8. The van der Waals surface area contributed by atoms with Gasteiger partial charge in [0, 0.05) is 25.8 Å². The highest BCUT2D eigenvalue weighted by atomic mass is 32.2. The Bertz CT molecular complexity index is 1300. The van der Waals surface area contributed by atoms with Crippen molar-refractivity contribution in [3.05, 3.63) is 53.6 Å². The number of carbonyl (C=O) groups excluding carboxylic acids is 2. The van der Waals surface area contributed by atoms with E-state index in [1.807, 2.05) is 0 Å². The fourth-order valence-corrected chi connectivity index (χ4v) is 5.72. The molecule has 0 radical (unpaired) electrons. The number of carbonyl (C=O) groups is 2. The molecule has 3 aromatic rings. The minimum atomic E-state index is -3.69. The molecule has 11 heteroatoms. The maximum Gasteiger partial charge on any atom is 0.338 e. The molecule has 9 nitrogen and oxygen atoms in total. The summed E-state index contributed by atoms with van der Waals surface area (Å²) in [5, 5.41) is 3.10. The summed E-state index contributed by atoms with van der Waals surface area (Å²) in [6, 6.07) is 10.8. The second-order valence-corrected chi connectivity index (χ2v) is 10.9. The van der Waals surface area contributed by atoms with Crippen LogP contribution in [-0.2, 0) is 19.5 Å². The SMILES string of the molecule is CCOC(=O)c1ccc2nc(NC(=O)c3ccc(S(=O)(=O)N(C)CC4CCCO4)cc3)sc2c1. The molecular weight excluding hydrogens is 478 g/mol. The van der Waals surface area contributed by atoms with Crippen molar-refractivity contribution in [3.63, 3.8) is 0 Å². The van der Waals surface area contributed by atoms with Gasteiger partial charge >= 0.3 is 5.97 Å². The summed E-state index contributed by atoms with van der Waals surface area (Å²) in [6.07, 6.45) is 1.69. The van der Waals surface area contributed by atoms with Crippen LogP contribution < -0.4 is 5.32 Å². The predicted molar refractivity (Wildman–Crippen MR) is 129 cm³/mol. The standard InChI is InChI=1S/C23H25N3O6S2/c1-3-31-22(28)16-8-11-19-20(13-16)33-23(24-19)25-21(27)15-6-9-18(10-7-15)34(29,30)26(2)14-17-5-4-12-32-17/h6-11,13,17H,3-5,12,14H2,1-2H3,(H,24,25,27). The number of benzene rings is 2. The molecule has 1 N–H and O–H groups in total. The van der Waals surface area contributed by atoms with E-state index in [-0.39, 0.29) is 17.6 Å². The van der Waals surface area contributed by atoms with Crippen molar-refractivity contribution in [3.8, 4) is 0 Å². The minimum absolute atomic E-state index is 0.0907. The van der Waals surface area contributed by atoms with E-state index in [0.717, 1.165) is 17.5 Å². The number of amides is 1. The van der Waals surface area contributed by atoms with Gasteiger partial charge in [-0.05, 0) is 62.2 Å². The van der Waals surface area contributed by atoms with Crippen LogP contribution in [0.15, 0.2) is 47.4 Å². The van der Waals surface area contributed by atoms with E-state index in [0.29, 0.717) is 34.9 Å². The highest BCUT2D eigenvalue weighted by molar-refractivity contribution is 7.89. The van der Waals surface area contributed by atoms with Gasteiger partial charge in [0.2, 0.25) is 10.0 Å². The fraction of sp³-hybridized carbons (Fsp3) is 0.348. The first-order valence-electron chi connectivity index (χ1n) is 10.8. The normalized spacial score (nSPS) is 16.1. The molecule has 0 spiro atoms. The fourth-order valence-electron chi connectivity index (χ4n) is 3.62. The first-order chi connectivity index (χ1) is 16.3. The van der Waals surface area contributed by atoms with Gasteiger partial charge < -0.3 is 9.47 Å². The summed E-state index contributed by atoms with van der Waals surface area (Å²) >= 11 is 1.23. The van der Waals surface area contributed by atoms with Crippen LogP contribution in [0.2, 0.25) is 0 Å². The number of anilines is 1. The maximum absolute atomic E-state index is 12.8. The van der Waals surface area contributed by atoms with Gasteiger partial charge in [0.1, 0.15) is 0 Å². The van der Waals surface area contributed by atoms with Crippen molar-refractivity contribution < 1.29 is 27.5 Å². The molecule has 0 aliphatic carbocycles. The molecule has 1 amide bonds. The molecule has 1 fully saturated rings. The van der Waals surface area contributed by atoms with Crippen molar-refractivity contribution in [2.45, 2.75) is 30.8 Å². The van der Waals surface area contributed by atoms with Gasteiger partial charge in [-0.15, -0.1) is 0 Å². The second kappa shape index (κ2) is 10.2. The number of hydrogen-bond acceptors (Lipinski definition) is 8. The van der Waals surface area contributed by atoms with Crippen LogP contribution in [0.1, 0.15) is 40.5 Å². The number of esters is 1. The summed E-state index contributed by atoms with van der Waals surface area (Å²) in [5.41, 5.74) is 1.36. The van der Waals surface area contributed by atoms with E-state index in [2.05, 4.69) is 10.3 Å². The quantitative estimate of drug-likeness (QED) is 0.468. The molecule has 180 valence electrons. The van der Waals surface area contributed by atoms with Crippen LogP contribution in [0.3, 0.4) is 0 Å². The Balaban J connectivity index is 1.44. The lowest BCUT2D eigenvalue weighted by molar-refractivity contribution is 0.0526. The van der Waals surface area contributed by atoms with E-state index in [9.17, 15) is 18.0 Å². The average molecular weight is 504 g/mol. The minimum Gasteiger partial charge on any atom is -0.462 e. The Morgan fingerprint density at radius 2 is 1.94 bits per heavy atom. The first-order valence-corrected chi connectivity index (χ1v) is 13.1. The van der Waals surface area contributed by atoms with Crippen LogP contribution in [0, 0.1) is 0 Å². The first kappa shape index (κ1) is 24.3. The van der Waals surface area contributed by atoms with Crippen LogP contribution >= 0.6 is 11.3 Å². The van der Waals surface area contributed by atoms with Crippen LogP contribution in [0.4, 0.5) is 5.13 Å². The largest absolute Gasteiger partial charge is 0.462 e. The maximum atomic E-state index is 12.8. The summed E-state index contributed by atoms with van der Waals surface area (Å²) in [4.78, 5) is 29.1. The highest BCUT2D eigenvalue weighted by Gasteiger charge is 2.26. The van der Waals surface area contributed by atoms with Crippen molar-refractivity contribution in [2.24, 2.45) is 0 Å². The lowest BCUT2D eigenvalue weighted by Crippen LogP contribution is -2.34. The summed E-state index contributed by atoms with van der Waals surface area (Å²) in [7, 11) is -2.16. The number of nitrogens with zero attached hydrogens (tertiary/aromatic N) is 2. The van der Waals surface area contributed by atoms with Crippen LogP contribution in [-0.4, -0.2) is 62.5 Å². The lowest BCUT2D eigenvalue weighted by Gasteiger charge is -2.20. The number of hydrogen-bond donors (Lipinski definition) is 1. The number of fused-ring (bicyclic) bond motifs is 1. The van der Waals surface area contributed by atoms with Crippen molar-refractivity contribution in [1.82, 2.24) is 9.29 Å². The number of thiazole rings is 1. The Hall–Kier alpha value is -2.86. The zero-order valence-electron chi connectivity index (χ0n) is 18.8. The topological polar surface area (TPSA) is 115 Å². The molecular formula is C23H25N3O6S2. The van der Waals surface area contributed by atoms with Gasteiger partial charge in [0.25, 0.3) is 5.91 Å². The number of ether oxygens (including phenoxy) is 2. The van der Waals surface area contributed by atoms with Crippen molar-refractivity contribution >= 4 is 48.6 Å². The van der Waals surface area contributed by atoms with E-state index >= 15 is 0 Å². The third-order valence-corrected chi connectivity index (χ3v) is 8.20. The molecule has 1 aliphatic heterocycles. The van der Waals surface area contributed by atoms with E-state index in [1.165, 1.54) is 47.0 Å². The van der Waals surface area contributed by atoms with Crippen molar-refractivity contribution in [1.29, 1.82) is 0 Å². The number of aromatic nitrogens is 1. The average Bonchev–Trinajstić information content (AvgIpc) is 3.48. The van der Waals surface area contributed by atoms with Gasteiger partial charge in [0.15, 0.2) is 5.13 Å². The summed E-state index contributed by atoms with van der Waals surface area (Å²) in [5.74, 6) is -0.832. The van der Waals surface area contributed by atoms with Crippen molar-refractivity contribution in [2.75, 3.05) is 32.1 Å². The number of nitrogens with one attached hydrogen (secondary N) is 1. The lowest BCUT2D eigenvalue weighted by atomic mass is 10.2. The zero-order valence-corrected chi connectivity index (χ0v) is 20.4. The zero-order chi connectivity index (χ0) is 24.3. The Morgan fingerprint density at radius 1 is 1.21 bits per heavy atom. The molecule has 2 aromatic carbocycles. The van der Waals surface area contributed by atoms with E-state index in [1.54, 1.807) is 25.1 Å². The van der Waals surface area contributed by atoms with Gasteiger partial charge in [-0.1, -0.05) is 11.3 Å². The molecule has 1 saturated heterocycles. The predicted octanol–water partition coefficient (Wildman–Crippen LogP) is 3.52. The third kappa shape index (κ3) is 5.27. The molecule has 4 rings (SSSR count). The molecule has 1 unspecified atom stereocenters. The molecule has 1 atom stereocenters. The van der Waals surface area contributed by atoms with Gasteiger partial charge in [-0.25, -0.2) is 18.2 Å².